The van der Waals surface area contributed by atoms with Crippen LogP contribution in [0.25, 0.3) is 11.3 Å². The summed E-state index contributed by atoms with van der Waals surface area (Å²) in [4.78, 5) is 13.9. The SMILES string of the molecule is COc1ccc(-c2ccc(CCC(=O)N(C)C3CCS(=O)(=O)C3)o2)cc1. The minimum atomic E-state index is -2.99. The number of aryl methyl sites for hydroxylation is 1. The standard InChI is InChI=1S/C19H23NO5S/c1-20(15-11-12-26(22,23)13-15)19(21)10-8-17-7-9-18(25-17)14-3-5-16(24-2)6-4-14/h3-7,9,15H,8,10-13H2,1-2H3. The first-order chi connectivity index (χ1) is 12.4. The average molecular weight is 377 g/mol. The number of methoxy groups -OCH3 is 1. The van der Waals surface area contributed by atoms with E-state index in [1.807, 2.05) is 36.4 Å². The smallest absolute Gasteiger partial charge is 0.223 e. The lowest BCUT2D eigenvalue weighted by molar-refractivity contribution is -0.131. The van der Waals surface area contributed by atoms with E-state index in [0.717, 1.165) is 22.8 Å². The lowest BCUT2D eigenvalue weighted by Gasteiger charge is -2.23. The molecule has 3 rings (SSSR count). The highest BCUT2D eigenvalue weighted by Gasteiger charge is 2.32. The van der Waals surface area contributed by atoms with Gasteiger partial charge in [0.05, 0.1) is 18.6 Å². The number of carbonyl (C=O) groups is 1. The van der Waals surface area contributed by atoms with E-state index in [2.05, 4.69) is 0 Å². The molecule has 1 saturated heterocycles. The lowest BCUT2D eigenvalue weighted by Crippen LogP contribution is -2.37. The van der Waals surface area contributed by atoms with E-state index in [9.17, 15) is 13.2 Å². The number of nitrogens with zero attached hydrogens (tertiary/aromatic N) is 1. The van der Waals surface area contributed by atoms with E-state index >= 15 is 0 Å². The molecule has 0 aliphatic carbocycles. The highest BCUT2D eigenvalue weighted by atomic mass is 32.2. The normalized spacial score (nSPS) is 18.6. The Bertz CT molecular complexity index is 870. The molecular weight excluding hydrogens is 354 g/mol. The molecule has 0 bridgehead atoms. The summed E-state index contributed by atoms with van der Waals surface area (Å²) in [5.74, 6) is 2.43. The molecule has 1 aromatic heterocycles. The second-order valence-electron chi connectivity index (χ2n) is 6.56. The van der Waals surface area contributed by atoms with Crippen molar-refractivity contribution < 1.29 is 22.4 Å². The molecule has 0 radical (unpaired) electrons. The van der Waals surface area contributed by atoms with Gasteiger partial charge in [0.15, 0.2) is 9.84 Å². The van der Waals surface area contributed by atoms with E-state index < -0.39 is 9.84 Å². The van der Waals surface area contributed by atoms with Crippen LogP contribution in [-0.2, 0) is 21.1 Å². The zero-order chi connectivity index (χ0) is 18.7. The number of furan rings is 1. The zero-order valence-corrected chi connectivity index (χ0v) is 15.8. The van der Waals surface area contributed by atoms with Gasteiger partial charge in [-0.1, -0.05) is 0 Å². The van der Waals surface area contributed by atoms with Gasteiger partial charge in [-0.15, -0.1) is 0 Å². The number of benzene rings is 1. The van der Waals surface area contributed by atoms with Crippen molar-refractivity contribution in [1.29, 1.82) is 0 Å². The Labute approximate surface area is 153 Å². The molecule has 0 N–H and O–H groups in total. The number of rotatable bonds is 6. The van der Waals surface area contributed by atoms with Crippen LogP contribution in [0.1, 0.15) is 18.6 Å². The van der Waals surface area contributed by atoms with Crippen molar-refractivity contribution in [3.05, 3.63) is 42.2 Å². The van der Waals surface area contributed by atoms with Crippen LogP contribution in [0.15, 0.2) is 40.8 Å². The second-order valence-corrected chi connectivity index (χ2v) is 8.78. The minimum absolute atomic E-state index is 0.0607. The molecule has 1 fully saturated rings. The van der Waals surface area contributed by atoms with Gasteiger partial charge in [-0.25, -0.2) is 8.42 Å². The summed E-state index contributed by atoms with van der Waals surface area (Å²) >= 11 is 0. The highest BCUT2D eigenvalue weighted by molar-refractivity contribution is 7.91. The van der Waals surface area contributed by atoms with Gasteiger partial charge in [0.2, 0.25) is 5.91 Å². The van der Waals surface area contributed by atoms with Crippen LogP contribution >= 0.6 is 0 Å². The third-order valence-electron chi connectivity index (χ3n) is 4.77. The fraction of sp³-hybridized carbons (Fsp3) is 0.421. The second kappa shape index (κ2) is 7.53. The molecule has 7 heteroatoms. The number of sulfone groups is 1. The van der Waals surface area contributed by atoms with Gasteiger partial charge in [-0.05, 0) is 42.8 Å². The fourth-order valence-electron chi connectivity index (χ4n) is 3.11. The molecule has 6 nitrogen and oxygen atoms in total. The first-order valence-electron chi connectivity index (χ1n) is 8.57. The van der Waals surface area contributed by atoms with Crippen molar-refractivity contribution in [2.45, 2.75) is 25.3 Å². The van der Waals surface area contributed by atoms with Crippen LogP contribution < -0.4 is 4.74 Å². The summed E-state index contributed by atoms with van der Waals surface area (Å²) in [7, 11) is 0.305. The van der Waals surface area contributed by atoms with Crippen LogP contribution in [0.4, 0.5) is 0 Å². The Morgan fingerprint density at radius 2 is 1.96 bits per heavy atom. The van der Waals surface area contributed by atoms with Gasteiger partial charge in [0.1, 0.15) is 17.3 Å². The van der Waals surface area contributed by atoms with Crippen molar-refractivity contribution in [3.63, 3.8) is 0 Å². The number of ether oxygens (including phenoxy) is 1. The van der Waals surface area contributed by atoms with Crippen molar-refractivity contribution in [2.75, 3.05) is 25.7 Å². The quantitative estimate of drug-likeness (QED) is 0.773. The van der Waals surface area contributed by atoms with Gasteiger partial charge >= 0.3 is 0 Å². The first kappa shape index (κ1) is 18.5. The van der Waals surface area contributed by atoms with Crippen molar-refractivity contribution >= 4 is 15.7 Å². The van der Waals surface area contributed by atoms with E-state index in [1.54, 1.807) is 19.1 Å². The van der Waals surface area contributed by atoms with Crippen molar-refractivity contribution in [1.82, 2.24) is 4.90 Å². The molecule has 0 spiro atoms. The van der Waals surface area contributed by atoms with Crippen molar-refractivity contribution in [2.24, 2.45) is 0 Å². The Morgan fingerprint density at radius 1 is 1.23 bits per heavy atom. The van der Waals surface area contributed by atoms with E-state index in [1.165, 1.54) is 0 Å². The molecule has 2 aromatic rings. The molecule has 1 aliphatic heterocycles. The summed E-state index contributed by atoms with van der Waals surface area (Å²) in [6, 6.07) is 11.1. The van der Waals surface area contributed by atoms with Crippen LogP contribution in [0, 0.1) is 0 Å². The Kier molecular flexibility index (Phi) is 5.36. The zero-order valence-electron chi connectivity index (χ0n) is 15.0. The maximum Gasteiger partial charge on any atom is 0.223 e. The summed E-state index contributed by atoms with van der Waals surface area (Å²) in [6.45, 7) is 0. The third kappa shape index (κ3) is 4.27. The van der Waals surface area contributed by atoms with Crippen LogP contribution in [-0.4, -0.2) is 50.9 Å². The van der Waals surface area contributed by atoms with Crippen molar-refractivity contribution in [3.8, 4) is 17.1 Å². The molecule has 1 aliphatic rings. The van der Waals surface area contributed by atoms with Gasteiger partial charge in [-0.2, -0.15) is 0 Å². The average Bonchev–Trinajstić information content (AvgIpc) is 3.25. The lowest BCUT2D eigenvalue weighted by atomic mass is 10.1. The van der Waals surface area contributed by atoms with E-state index in [0.29, 0.717) is 19.3 Å². The van der Waals surface area contributed by atoms with E-state index in [4.69, 9.17) is 9.15 Å². The molecule has 0 saturated carbocycles. The van der Waals surface area contributed by atoms with Crippen LogP contribution in [0.3, 0.4) is 0 Å². The summed E-state index contributed by atoms with van der Waals surface area (Å²) < 4.78 is 34.1. The van der Waals surface area contributed by atoms with Gasteiger partial charge in [0, 0.05) is 31.5 Å². The van der Waals surface area contributed by atoms with E-state index in [-0.39, 0.29) is 23.5 Å². The molecule has 140 valence electrons. The Morgan fingerprint density at radius 3 is 2.58 bits per heavy atom. The van der Waals surface area contributed by atoms with Gasteiger partial charge < -0.3 is 14.1 Å². The largest absolute Gasteiger partial charge is 0.497 e. The third-order valence-corrected chi connectivity index (χ3v) is 6.52. The molecule has 2 heterocycles. The highest BCUT2D eigenvalue weighted by Crippen LogP contribution is 2.25. The summed E-state index contributed by atoms with van der Waals surface area (Å²) in [5, 5.41) is 0. The molecular formula is C19H23NO5S. The first-order valence-corrected chi connectivity index (χ1v) is 10.4. The topological polar surface area (TPSA) is 76.8 Å². The minimum Gasteiger partial charge on any atom is -0.497 e. The Hall–Kier alpha value is -2.28. The number of hydrogen-bond donors (Lipinski definition) is 0. The van der Waals surface area contributed by atoms with Gasteiger partial charge in [0.25, 0.3) is 0 Å². The predicted molar refractivity (Wildman–Crippen MR) is 98.8 cm³/mol. The molecule has 1 unspecified atom stereocenters. The maximum atomic E-state index is 12.3. The Balaban J connectivity index is 1.56. The summed E-state index contributed by atoms with van der Waals surface area (Å²) in [6.07, 6.45) is 1.30. The molecule has 26 heavy (non-hydrogen) atoms. The number of hydrogen-bond acceptors (Lipinski definition) is 5. The molecule has 1 aromatic carbocycles. The van der Waals surface area contributed by atoms with Gasteiger partial charge in [-0.3, -0.25) is 4.79 Å². The monoisotopic (exact) mass is 377 g/mol. The molecule has 1 atom stereocenters. The number of amides is 1. The maximum absolute atomic E-state index is 12.3. The number of carbonyl (C=O) groups excluding carboxylic acids is 1. The van der Waals surface area contributed by atoms with Crippen LogP contribution in [0.2, 0.25) is 0 Å². The molecule has 1 amide bonds. The predicted octanol–water partition coefficient (Wildman–Crippen LogP) is 2.53. The van der Waals surface area contributed by atoms with Crippen LogP contribution in [0.5, 0.6) is 5.75 Å². The fourth-order valence-corrected chi connectivity index (χ4v) is 4.89. The summed E-state index contributed by atoms with van der Waals surface area (Å²) in [5.41, 5.74) is 0.941.